The molecule has 2 aromatic rings. The van der Waals surface area contributed by atoms with E-state index in [0.29, 0.717) is 16.8 Å². The van der Waals surface area contributed by atoms with Crippen molar-refractivity contribution in [1.29, 1.82) is 0 Å². The number of rotatable bonds is 8. The number of aryl methyl sites for hydroxylation is 1. The van der Waals surface area contributed by atoms with Crippen LogP contribution in [0.3, 0.4) is 0 Å². The molecule has 0 unspecified atom stereocenters. The van der Waals surface area contributed by atoms with E-state index in [4.69, 9.17) is 4.74 Å². The molecule has 1 aromatic heterocycles. The van der Waals surface area contributed by atoms with Crippen LogP contribution in [0.4, 0.5) is 8.78 Å². The Morgan fingerprint density at radius 3 is 2.59 bits per heavy atom. The van der Waals surface area contributed by atoms with Gasteiger partial charge in [-0.1, -0.05) is 6.07 Å². The molecule has 1 amide bonds. The van der Waals surface area contributed by atoms with Crippen LogP contribution in [0.15, 0.2) is 27.8 Å². The van der Waals surface area contributed by atoms with Crippen LogP contribution in [0.1, 0.15) is 23.2 Å². The third kappa shape index (κ3) is 5.66. The van der Waals surface area contributed by atoms with E-state index in [-0.39, 0.29) is 36.8 Å². The summed E-state index contributed by atoms with van der Waals surface area (Å²) in [7, 11) is 1.33. The average molecular weight is 383 g/mol. The number of nitrogens with one attached hydrogen (secondary N) is 3. The average Bonchev–Trinajstić information content (AvgIpc) is 2.58. The molecule has 1 aromatic carbocycles. The zero-order chi connectivity index (χ0) is 20.0. The number of aromatic amines is 2. The van der Waals surface area contributed by atoms with Gasteiger partial charge in [-0.05, 0) is 31.0 Å². The van der Waals surface area contributed by atoms with E-state index in [1.54, 1.807) is 13.0 Å². The van der Waals surface area contributed by atoms with Gasteiger partial charge in [-0.25, -0.2) is 4.79 Å². The van der Waals surface area contributed by atoms with Crippen LogP contribution in [0.5, 0.6) is 11.5 Å². The Kier molecular flexibility index (Phi) is 6.69. The summed E-state index contributed by atoms with van der Waals surface area (Å²) in [6.45, 7) is -1.34. The second kappa shape index (κ2) is 8.97. The Balaban J connectivity index is 1.96. The maximum atomic E-state index is 12.4. The van der Waals surface area contributed by atoms with Gasteiger partial charge >= 0.3 is 12.3 Å². The van der Waals surface area contributed by atoms with Gasteiger partial charge in [-0.15, -0.1) is 0 Å². The van der Waals surface area contributed by atoms with Gasteiger partial charge < -0.3 is 19.8 Å². The summed E-state index contributed by atoms with van der Waals surface area (Å²) in [5.74, 6) is -0.319. The Labute approximate surface area is 152 Å². The molecule has 0 fully saturated rings. The molecule has 2 rings (SSSR count). The van der Waals surface area contributed by atoms with Crippen molar-refractivity contribution in [3.8, 4) is 11.5 Å². The Morgan fingerprint density at radius 2 is 1.96 bits per heavy atom. The van der Waals surface area contributed by atoms with Crippen molar-refractivity contribution < 1.29 is 23.0 Å². The van der Waals surface area contributed by atoms with Crippen LogP contribution < -0.4 is 26.0 Å². The molecule has 0 saturated heterocycles. The summed E-state index contributed by atoms with van der Waals surface area (Å²) in [6, 6.07) is 4.42. The molecule has 0 atom stereocenters. The number of amides is 1. The highest BCUT2D eigenvalue weighted by Gasteiger charge is 2.12. The zero-order valence-electron chi connectivity index (χ0n) is 14.7. The van der Waals surface area contributed by atoms with Crippen molar-refractivity contribution in [2.24, 2.45) is 0 Å². The number of carbonyl (C=O) groups excluding carboxylic acids is 1. The smallest absolute Gasteiger partial charge is 0.387 e. The monoisotopic (exact) mass is 383 g/mol. The predicted molar refractivity (Wildman–Crippen MR) is 92.2 cm³/mol. The normalized spacial score (nSPS) is 10.7. The van der Waals surface area contributed by atoms with Crippen LogP contribution in [0.25, 0.3) is 0 Å². The minimum Gasteiger partial charge on any atom is -0.493 e. The minimum atomic E-state index is -3.00. The Bertz CT molecular complexity index is 924. The van der Waals surface area contributed by atoms with Crippen molar-refractivity contribution in [3.05, 3.63) is 55.9 Å². The summed E-state index contributed by atoms with van der Waals surface area (Å²) in [5, 5.41) is 2.63. The topological polar surface area (TPSA) is 113 Å². The molecule has 0 aliphatic carbocycles. The van der Waals surface area contributed by atoms with Crippen molar-refractivity contribution in [2.75, 3.05) is 7.11 Å². The van der Waals surface area contributed by atoms with E-state index in [2.05, 4.69) is 20.0 Å². The fourth-order valence-electron chi connectivity index (χ4n) is 2.47. The zero-order valence-corrected chi connectivity index (χ0v) is 14.7. The third-order valence-electron chi connectivity index (χ3n) is 3.79. The van der Waals surface area contributed by atoms with E-state index < -0.39 is 17.9 Å². The summed E-state index contributed by atoms with van der Waals surface area (Å²) in [5.41, 5.74) is 0.125. The third-order valence-corrected chi connectivity index (χ3v) is 3.79. The van der Waals surface area contributed by atoms with Crippen molar-refractivity contribution in [1.82, 2.24) is 15.3 Å². The van der Waals surface area contributed by atoms with E-state index >= 15 is 0 Å². The summed E-state index contributed by atoms with van der Waals surface area (Å²) in [6.07, 6.45) is 0.165. The Hall–Kier alpha value is -3.17. The van der Waals surface area contributed by atoms with Crippen molar-refractivity contribution in [3.63, 3.8) is 0 Å². The van der Waals surface area contributed by atoms with Gasteiger partial charge in [0, 0.05) is 24.2 Å². The number of hydrogen-bond donors (Lipinski definition) is 3. The first-order valence-electron chi connectivity index (χ1n) is 8.00. The number of methoxy groups -OCH3 is 1. The van der Waals surface area contributed by atoms with Gasteiger partial charge in [0.2, 0.25) is 5.91 Å². The predicted octanol–water partition coefficient (Wildman–Crippen LogP) is 1.23. The number of aromatic nitrogens is 2. The van der Waals surface area contributed by atoms with Gasteiger partial charge in [0.25, 0.3) is 5.56 Å². The second-order valence-electron chi connectivity index (χ2n) is 5.65. The van der Waals surface area contributed by atoms with Crippen LogP contribution in [0, 0.1) is 6.92 Å². The summed E-state index contributed by atoms with van der Waals surface area (Å²) in [4.78, 5) is 39.5. The SMILES string of the molecule is COc1ccc(CNC(=O)CCc2c(C)[nH]c(=O)[nH]c2=O)cc1OC(F)F. The largest absolute Gasteiger partial charge is 0.493 e. The number of halogens is 2. The molecule has 0 radical (unpaired) electrons. The lowest BCUT2D eigenvalue weighted by atomic mass is 10.1. The molecule has 146 valence electrons. The number of benzene rings is 1. The van der Waals surface area contributed by atoms with Crippen molar-refractivity contribution in [2.45, 2.75) is 32.9 Å². The van der Waals surface area contributed by atoms with E-state index in [1.165, 1.54) is 19.2 Å². The van der Waals surface area contributed by atoms with Gasteiger partial charge in [0.05, 0.1) is 7.11 Å². The fraction of sp³-hybridized carbons (Fsp3) is 0.353. The van der Waals surface area contributed by atoms with Gasteiger partial charge in [-0.2, -0.15) is 8.78 Å². The molecular weight excluding hydrogens is 364 g/mol. The van der Waals surface area contributed by atoms with Gasteiger partial charge in [0.15, 0.2) is 11.5 Å². The first-order chi connectivity index (χ1) is 12.8. The first kappa shape index (κ1) is 20.1. The second-order valence-corrected chi connectivity index (χ2v) is 5.65. The quantitative estimate of drug-likeness (QED) is 0.635. The van der Waals surface area contributed by atoms with Crippen molar-refractivity contribution >= 4 is 5.91 Å². The molecular formula is C17H19F2N3O5. The lowest BCUT2D eigenvalue weighted by Crippen LogP contribution is -2.29. The minimum absolute atomic E-state index is 0.0203. The molecule has 8 nitrogen and oxygen atoms in total. The molecule has 1 heterocycles. The molecule has 10 heteroatoms. The molecule has 0 bridgehead atoms. The Morgan fingerprint density at radius 1 is 1.22 bits per heavy atom. The molecule has 3 N–H and O–H groups in total. The highest BCUT2D eigenvalue weighted by atomic mass is 19.3. The molecule has 27 heavy (non-hydrogen) atoms. The highest BCUT2D eigenvalue weighted by Crippen LogP contribution is 2.29. The van der Waals surface area contributed by atoms with Crippen LogP contribution >= 0.6 is 0 Å². The lowest BCUT2D eigenvalue weighted by Gasteiger charge is -2.12. The van der Waals surface area contributed by atoms with Crippen LogP contribution in [-0.2, 0) is 17.8 Å². The molecule has 0 aliphatic rings. The van der Waals surface area contributed by atoms with Gasteiger partial charge in [0.1, 0.15) is 0 Å². The van der Waals surface area contributed by atoms with Gasteiger partial charge in [-0.3, -0.25) is 14.6 Å². The number of alkyl halides is 2. The number of ether oxygens (including phenoxy) is 2. The summed E-state index contributed by atoms with van der Waals surface area (Å²) >= 11 is 0. The number of hydrogen-bond acceptors (Lipinski definition) is 5. The fourth-order valence-corrected chi connectivity index (χ4v) is 2.47. The number of H-pyrrole nitrogens is 2. The van der Waals surface area contributed by atoms with E-state index in [0.717, 1.165) is 0 Å². The first-order valence-corrected chi connectivity index (χ1v) is 8.00. The van der Waals surface area contributed by atoms with E-state index in [9.17, 15) is 23.2 Å². The maximum absolute atomic E-state index is 12.4. The van der Waals surface area contributed by atoms with Crippen LogP contribution in [0.2, 0.25) is 0 Å². The standard InChI is InChI=1S/C17H19F2N3O5/c1-9-11(15(24)22-17(25)21-9)4-6-14(23)20-8-10-3-5-12(26-2)13(7-10)27-16(18)19/h3,5,7,16H,4,6,8H2,1-2H3,(H,20,23)(H2,21,22,24,25). The number of carbonyl (C=O) groups is 1. The molecule has 0 spiro atoms. The lowest BCUT2D eigenvalue weighted by molar-refractivity contribution is -0.121. The maximum Gasteiger partial charge on any atom is 0.387 e. The highest BCUT2D eigenvalue weighted by molar-refractivity contribution is 5.76. The van der Waals surface area contributed by atoms with Crippen LogP contribution in [-0.4, -0.2) is 29.6 Å². The molecule has 0 saturated carbocycles. The van der Waals surface area contributed by atoms with E-state index in [1.807, 2.05) is 0 Å². The molecule has 0 aliphatic heterocycles. The summed E-state index contributed by atoms with van der Waals surface area (Å²) < 4.78 is 34.2.